The van der Waals surface area contributed by atoms with E-state index in [9.17, 15) is 5.11 Å². The fourth-order valence-corrected chi connectivity index (χ4v) is 1.62. The predicted molar refractivity (Wildman–Crippen MR) is 66.7 cm³/mol. The molecule has 0 fully saturated rings. The maximum absolute atomic E-state index is 9.31. The summed E-state index contributed by atoms with van der Waals surface area (Å²) < 4.78 is 0. The minimum absolute atomic E-state index is 0.331. The van der Waals surface area contributed by atoms with Crippen LogP contribution in [-0.4, -0.2) is 11.7 Å². The van der Waals surface area contributed by atoms with E-state index < -0.39 is 0 Å². The Hall–Kier alpha value is -1.96. The van der Waals surface area contributed by atoms with E-state index in [2.05, 4.69) is 5.32 Å². The summed E-state index contributed by atoms with van der Waals surface area (Å²) in [6.07, 6.45) is 0.906. The van der Waals surface area contributed by atoms with Crippen molar-refractivity contribution in [2.24, 2.45) is 0 Å². The van der Waals surface area contributed by atoms with E-state index >= 15 is 0 Å². The number of phenols is 1. The van der Waals surface area contributed by atoms with Crippen molar-refractivity contribution in [3.8, 4) is 5.75 Å². The van der Waals surface area contributed by atoms with Crippen molar-refractivity contribution in [3.05, 3.63) is 60.2 Å². The average molecular weight is 213 g/mol. The second kappa shape index (κ2) is 5.21. The number of rotatable bonds is 4. The lowest BCUT2D eigenvalue weighted by molar-refractivity contribution is 0.474. The van der Waals surface area contributed by atoms with Crippen LogP contribution in [0.1, 0.15) is 5.56 Å². The molecule has 2 aromatic carbocycles. The molecule has 2 aromatic rings. The van der Waals surface area contributed by atoms with Gasteiger partial charge in [0.15, 0.2) is 0 Å². The van der Waals surface area contributed by atoms with Crippen molar-refractivity contribution in [3.63, 3.8) is 0 Å². The highest BCUT2D eigenvalue weighted by molar-refractivity contribution is 5.42. The minimum Gasteiger partial charge on any atom is -0.508 e. The SMILES string of the molecule is Oc1cccc(CCNc2ccccc2)c1. The monoisotopic (exact) mass is 213 g/mol. The lowest BCUT2D eigenvalue weighted by Crippen LogP contribution is -2.04. The number of para-hydroxylation sites is 1. The molecule has 0 atom stereocenters. The number of anilines is 1. The lowest BCUT2D eigenvalue weighted by Gasteiger charge is -2.06. The van der Waals surface area contributed by atoms with Crippen molar-refractivity contribution in [1.82, 2.24) is 0 Å². The molecule has 0 aliphatic rings. The third kappa shape index (κ3) is 3.02. The van der Waals surface area contributed by atoms with Gasteiger partial charge in [-0.3, -0.25) is 0 Å². The topological polar surface area (TPSA) is 32.3 Å². The molecule has 0 bridgehead atoms. The average Bonchev–Trinajstić information content (AvgIpc) is 2.30. The smallest absolute Gasteiger partial charge is 0.115 e. The van der Waals surface area contributed by atoms with E-state index in [1.54, 1.807) is 12.1 Å². The van der Waals surface area contributed by atoms with Gasteiger partial charge in [-0.2, -0.15) is 0 Å². The summed E-state index contributed by atoms with van der Waals surface area (Å²) in [5.74, 6) is 0.331. The van der Waals surface area contributed by atoms with E-state index in [1.165, 1.54) is 0 Å². The maximum atomic E-state index is 9.31. The van der Waals surface area contributed by atoms with Crippen molar-refractivity contribution in [1.29, 1.82) is 0 Å². The van der Waals surface area contributed by atoms with Gasteiger partial charge in [-0.05, 0) is 36.2 Å². The van der Waals surface area contributed by atoms with Gasteiger partial charge in [-0.15, -0.1) is 0 Å². The molecule has 0 radical (unpaired) electrons. The molecular weight excluding hydrogens is 198 g/mol. The number of nitrogens with one attached hydrogen (secondary N) is 1. The molecule has 0 saturated heterocycles. The standard InChI is InChI=1S/C14H15NO/c16-14-8-4-5-12(11-14)9-10-15-13-6-2-1-3-7-13/h1-8,11,15-16H,9-10H2. The summed E-state index contributed by atoms with van der Waals surface area (Å²) in [4.78, 5) is 0. The number of phenolic OH excluding ortho intramolecular Hbond substituents is 1. The molecule has 0 spiro atoms. The van der Waals surface area contributed by atoms with Crippen molar-refractivity contribution in [2.45, 2.75) is 6.42 Å². The first-order valence-corrected chi connectivity index (χ1v) is 5.41. The maximum Gasteiger partial charge on any atom is 0.115 e. The molecular formula is C14H15NO. The number of hydrogen-bond acceptors (Lipinski definition) is 2. The Kier molecular flexibility index (Phi) is 3.44. The molecule has 2 heteroatoms. The van der Waals surface area contributed by atoms with Gasteiger partial charge in [0.05, 0.1) is 0 Å². The van der Waals surface area contributed by atoms with Crippen LogP contribution in [0, 0.1) is 0 Å². The van der Waals surface area contributed by atoms with Crippen molar-refractivity contribution >= 4 is 5.69 Å². The van der Waals surface area contributed by atoms with Crippen LogP contribution in [0.3, 0.4) is 0 Å². The van der Waals surface area contributed by atoms with Crippen LogP contribution in [-0.2, 0) is 6.42 Å². The van der Waals surface area contributed by atoms with Crippen LogP contribution < -0.4 is 5.32 Å². The zero-order chi connectivity index (χ0) is 11.2. The minimum atomic E-state index is 0.331. The summed E-state index contributed by atoms with van der Waals surface area (Å²) in [7, 11) is 0. The molecule has 2 N–H and O–H groups in total. The molecule has 0 heterocycles. The fraction of sp³-hybridized carbons (Fsp3) is 0.143. The zero-order valence-corrected chi connectivity index (χ0v) is 9.06. The summed E-state index contributed by atoms with van der Waals surface area (Å²) in [6.45, 7) is 0.869. The third-order valence-electron chi connectivity index (χ3n) is 2.43. The Balaban J connectivity index is 1.85. The highest BCUT2D eigenvalue weighted by atomic mass is 16.3. The Morgan fingerprint density at radius 1 is 0.938 bits per heavy atom. The first-order valence-electron chi connectivity index (χ1n) is 5.41. The van der Waals surface area contributed by atoms with E-state index in [1.807, 2.05) is 42.5 Å². The molecule has 0 saturated carbocycles. The van der Waals surface area contributed by atoms with Crippen molar-refractivity contribution < 1.29 is 5.11 Å². The Labute approximate surface area is 95.6 Å². The Morgan fingerprint density at radius 3 is 2.50 bits per heavy atom. The molecule has 82 valence electrons. The van der Waals surface area contributed by atoms with E-state index in [-0.39, 0.29) is 0 Å². The summed E-state index contributed by atoms with van der Waals surface area (Å²) in [5.41, 5.74) is 2.27. The molecule has 0 unspecified atom stereocenters. The van der Waals surface area contributed by atoms with Crippen LogP contribution in [0.25, 0.3) is 0 Å². The van der Waals surface area contributed by atoms with E-state index in [4.69, 9.17) is 0 Å². The zero-order valence-electron chi connectivity index (χ0n) is 9.06. The first kappa shape index (κ1) is 10.6. The van der Waals surface area contributed by atoms with Crippen LogP contribution in [0.5, 0.6) is 5.75 Å². The highest BCUT2D eigenvalue weighted by Gasteiger charge is 1.94. The van der Waals surface area contributed by atoms with Gasteiger partial charge in [0.1, 0.15) is 5.75 Å². The molecule has 0 aromatic heterocycles. The largest absolute Gasteiger partial charge is 0.508 e. The lowest BCUT2D eigenvalue weighted by atomic mass is 10.1. The van der Waals surface area contributed by atoms with Gasteiger partial charge < -0.3 is 10.4 Å². The van der Waals surface area contributed by atoms with E-state index in [0.717, 1.165) is 24.2 Å². The van der Waals surface area contributed by atoms with Gasteiger partial charge in [-0.25, -0.2) is 0 Å². The first-order chi connectivity index (χ1) is 7.84. The number of benzene rings is 2. The van der Waals surface area contributed by atoms with Crippen LogP contribution in [0.2, 0.25) is 0 Å². The number of hydrogen-bond donors (Lipinski definition) is 2. The molecule has 0 amide bonds. The number of aromatic hydroxyl groups is 1. The molecule has 0 aliphatic heterocycles. The summed E-state index contributed by atoms with van der Waals surface area (Å²) >= 11 is 0. The highest BCUT2D eigenvalue weighted by Crippen LogP contribution is 2.12. The molecule has 16 heavy (non-hydrogen) atoms. The van der Waals surface area contributed by atoms with Crippen LogP contribution in [0.15, 0.2) is 54.6 Å². The van der Waals surface area contributed by atoms with Crippen LogP contribution in [0.4, 0.5) is 5.69 Å². The Morgan fingerprint density at radius 2 is 1.75 bits per heavy atom. The van der Waals surface area contributed by atoms with Gasteiger partial charge in [0.2, 0.25) is 0 Å². The summed E-state index contributed by atoms with van der Waals surface area (Å²) in [6, 6.07) is 17.5. The fourth-order valence-electron chi connectivity index (χ4n) is 1.62. The molecule has 0 aliphatic carbocycles. The normalized spacial score (nSPS) is 10.0. The van der Waals surface area contributed by atoms with E-state index in [0.29, 0.717) is 5.75 Å². The van der Waals surface area contributed by atoms with Gasteiger partial charge in [-0.1, -0.05) is 30.3 Å². The van der Waals surface area contributed by atoms with Gasteiger partial charge in [0, 0.05) is 12.2 Å². The molecule has 2 rings (SSSR count). The van der Waals surface area contributed by atoms with Crippen molar-refractivity contribution in [2.75, 3.05) is 11.9 Å². The molecule has 2 nitrogen and oxygen atoms in total. The second-order valence-electron chi connectivity index (χ2n) is 3.71. The van der Waals surface area contributed by atoms with Crippen LogP contribution >= 0.6 is 0 Å². The Bertz CT molecular complexity index is 439. The third-order valence-corrected chi connectivity index (χ3v) is 2.43. The quantitative estimate of drug-likeness (QED) is 0.818. The van der Waals surface area contributed by atoms with Gasteiger partial charge >= 0.3 is 0 Å². The van der Waals surface area contributed by atoms with Gasteiger partial charge in [0.25, 0.3) is 0 Å². The summed E-state index contributed by atoms with van der Waals surface area (Å²) in [5, 5.41) is 12.6. The second-order valence-corrected chi connectivity index (χ2v) is 3.71. The predicted octanol–water partition coefficient (Wildman–Crippen LogP) is 3.05.